The van der Waals surface area contributed by atoms with Crippen molar-refractivity contribution in [3.05, 3.63) is 65.7 Å². The predicted molar refractivity (Wildman–Crippen MR) is 138 cm³/mol. The molecule has 0 aromatic heterocycles. The second-order valence-corrected chi connectivity index (χ2v) is 11.1. The Morgan fingerprint density at radius 1 is 0.919 bits per heavy atom. The zero-order chi connectivity index (χ0) is 25.5. The van der Waals surface area contributed by atoms with Crippen LogP contribution in [0.5, 0.6) is 0 Å². The number of carboxylic acids is 1. The molecule has 2 amide bonds. The summed E-state index contributed by atoms with van der Waals surface area (Å²) in [6.07, 6.45) is 5.80. The van der Waals surface area contributed by atoms with Crippen LogP contribution in [0.25, 0.3) is 0 Å². The summed E-state index contributed by atoms with van der Waals surface area (Å²) in [6.45, 7) is 0. The fourth-order valence-electron chi connectivity index (χ4n) is 6.55. The summed E-state index contributed by atoms with van der Waals surface area (Å²) in [6, 6.07) is 18.2. The smallest absolute Gasteiger partial charge is 0.415 e. The highest BCUT2D eigenvalue weighted by Gasteiger charge is 2.51. The van der Waals surface area contributed by atoms with Gasteiger partial charge in [0.25, 0.3) is 0 Å². The zero-order valence-electron chi connectivity index (χ0n) is 21.0. The molecule has 7 nitrogen and oxygen atoms in total. The van der Waals surface area contributed by atoms with Crippen molar-refractivity contribution in [3.63, 3.8) is 0 Å². The van der Waals surface area contributed by atoms with E-state index < -0.39 is 5.97 Å². The fraction of sp³-hybridized carbons (Fsp3) is 0.500. The van der Waals surface area contributed by atoms with Crippen LogP contribution in [0.4, 0.5) is 10.5 Å². The molecule has 0 saturated heterocycles. The number of para-hydroxylation sites is 1. The number of hydrogen-bond acceptors (Lipinski definition) is 4. The van der Waals surface area contributed by atoms with Crippen LogP contribution in [-0.2, 0) is 20.7 Å². The highest BCUT2D eigenvalue weighted by atomic mass is 16.6. The van der Waals surface area contributed by atoms with Crippen LogP contribution in [-0.4, -0.2) is 46.1 Å². The van der Waals surface area contributed by atoms with Crippen molar-refractivity contribution < 1.29 is 24.2 Å². The van der Waals surface area contributed by atoms with Crippen molar-refractivity contribution in [1.82, 2.24) is 4.90 Å². The molecule has 4 aliphatic rings. The van der Waals surface area contributed by atoms with Gasteiger partial charge in [0.15, 0.2) is 0 Å². The minimum atomic E-state index is -0.947. The fourth-order valence-corrected chi connectivity index (χ4v) is 6.55. The molecule has 1 N–H and O–H groups in total. The molecule has 1 aliphatic heterocycles. The molecule has 37 heavy (non-hydrogen) atoms. The molecule has 0 spiro atoms. The number of ether oxygens (including phenoxy) is 1. The molecule has 7 heteroatoms. The topological polar surface area (TPSA) is 87.2 Å². The van der Waals surface area contributed by atoms with Crippen molar-refractivity contribution in [3.8, 4) is 0 Å². The molecule has 4 atom stereocenters. The lowest BCUT2D eigenvalue weighted by Gasteiger charge is -2.42. The lowest BCUT2D eigenvalue weighted by atomic mass is 9.85. The highest BCUT2D eigenvalue weighted by Crippen LogP contribution is 2.48. The van der Waals surface area contributed by atoms with Crippen LogP contribution in [0.2, 0.25) is 0 Å². The third-order valence-electron chi connectivity index (χ3n) is 8.53. The Bertz CT molecular complexity index is 1180. The molecular formula is C30H34N2O5. The summed E-state index contributed by atoms with van der Waals surface area (Å²) < 4.78 is 6.27. The number of carbonyl (C=O) groups excluding carboxylic acids is 2. The molecule has 3 aliphatic carbocycles. The molecule has 2 aromatic rings. The Morgan fingerprint density at radius 3 is 2.35 bits per heavy atom. The first-order valence-corrected chi connectivity index (χ1v) is 13.7. The van der Waals surface area contributed by atoms with Gasteiger partial charge in [-0.2, -0.15) is 0 Å². The van der Waals surface area contributed by atoms with Gasteiger partial charge in [0.05, 0.1) is 12.1 Å². The molecule has 3 saturated carbocycles. The van der Waals surface area contributed by atoms with E-state index in [1.54, 1.807) is 0 Å². The average Bonchev–Trinajstić information content (AvgIpc) is 3.84. The molecule has 2 aromatic carbocycles. The SMILES string of the molecule is O=C(O)CCC(=O)N(C1CC1)C1CCC2C1Cc1ccccc1N2C(=O)OC(c1ccccc1)C1CC1. The Balaban J connectivity index is 1.27. The van der Waals surface area contributed by atoms with Crippen molar-refractivity contribution in [2.45, 2.75) is 82.0 Å². The molecule has 3 fully saturated rings. The van der Waals surface area contributed by atoms with E-state index in [0.29, 0.717) is 5.92 Å². The van der Waals surface area contributed by atoms with Gasteiger partial charge in [-0.05, 0) is 62.1 Å². The Morgan fingerprint density at radius 2 is 1.65 bits per heavy atom. The third kappa shape index (κ3) is 4.83. The number of nitrogens with zero attached hydrogens (tertiary/aromatic N) is 2. The number of carboxylic acid groups (broad SMARTS) is 1. The summed E-state index contributed by atoms with van der Waals surface area (Å²) in [4.78, 5) is 42.1. The number of fused-ring (bicyclic) bond motifs is 2. The summed E-state index contributed by atoms with van der Waals surface area (Å²) in [5, 5.41) is 9.13. The van der Waals surface area contributed by atoms with Crippen LogP contribution in [0.3, 0.4) is 0 Å². The standard InChI is InChI=1S/C30H34N2O5/c33-27(16-17-28(34)35)31(22-12-13-22)25-14-15-26-23(25)18-21-8-4-5-9-24(21)32(26)30(36)37-29(20-10-11-20)19-6-2-1-3-7-19/h1-9,20,22-23,25-26,29H,10-18H2,(H,34,35). The van der Waals surface area contributed by atoms with Gasteiger partial charge in [0.1, 0.15) is 6.10 Å². The van der Waals surface area contributed by atoms with Gasteiger partial charge in [-0.1, -0.05) is 48.5 Å². The second kappa shape index (κ2) is 9.84. The van der Waals surface area contributed by atoms with Gasteiger partial charge in [-0.25, -0.2) is 4.79 Å². The molecule has 0 bridgehead atoms. The molecular weight excluding hydrogens is 468 g/mol. The van der Waals surface area contributed by atoms with E-state index in [9.17, 15) is 14.4 Å². The van der Waals surface area contributed by atoms with E-state index in [1.807, 2.05) is 58.3 Å². The van der Waals surface area contributed by atoms with E-state index in [4.69, 9.17) is 9.84 Å². The maximum absolute atomic E-state index is 13.9. The first-order valence-electron chi connectivity index (χ1n) is 13.7. The predicted octanol–water partition coefficient (Wildman–Crippen LogP) is 5.34. The van der Waals surface area contributed by atoms with E-state index in [0.717, 1.165) is 61.8 Å². The highest BCUT2D eigenvalue weighted by molar-refractivity contribution is 5.90. The maximum atomic E-state index is 13.9. The molecule has 0 radical (unpaired) electrons. The Kier molecular flexibility index (Phi) is 6.39. The number of aliphatic carboxylic acids is 1. The Labute approximate surface area is 217 Å². The molecule has 6 rings (SSSR count). The van der Waals surface area contributed by atoms with Crippen molar-refractivity contribution >= 4 is 23.7 Å². The number of carbonyl (C=O) groups is 3. The van der Waals surface area contributed by atoms with Gasteiger partial charge < -0.3 is 14.7 Å². The lowest BCUT2D eigenvalue weighted by Crippen LogP contribution is -2.53. The largest absolute Gasteiger partial charge is 0.481 e. The number of benzene rings is 2. The third-order valence-corrected chi connectivity index (χ3v) is 8.53. The monoisotopic (exact) mass is 502 g/mol. The summed E-state index contributed by atoms with van der Waals surface area (Å²) in [5.74, 6) is -0.553. The number of hydrogen-bond donors (Lipinski definition) is 1. The Hall–Kier alpha value is -3.35. The quantitative estimate of drug-likeness (QED) is 0.527. The van der Waals surface area contributed by atoms with Crippen LogP contribution in [0, 0.1) is 11.8 Å². The van der Waals surface area contributed by atoms with Crippen molar-refractivity contribution in [2.75, 3.05) is 4.90 Å². The normalized spacial score (nSPS) is 25.1. The number of amides is 2. The van der Waals surface area contributed by atoms with Gasteiger partial charge in [-0.15, -0.1) is 0 Å². The first kappa shape index (κ1) is 24.0. The van der Waals surface area contributed by atoms with E-state index in [1.165, 1.54) is 0 Å². The van der Waals surface area contributed by atoms with Gasteiger partial charge in [-0.3, -0.25) is 14.5 Å². The second-order valence-electron chi connectivity index (χ2n) is 11.1. The van der Waals surface area contributed by atoms with Crippen LogP contribution < -0.4 is 4.90 Å². The van der Waals surface area contributed by atoms with E-state index in [2.05, 4.69) is 6.07 Å². The first-order chi connectivity index (χ1) is 18.0. The maximum Gasteiger partial charge on any atom is 0.415 e. The molecule has 194 valence electrons. The summed E-state index contributed by atoms with van der Waals surface area (Å²) in [5.41, 5.74) is 3.05. The molecule has 1 heterocycles. The summed E-state index contributed by atoms with van der Waals surface area (Å²) >= 11 is 0. The lowest BCUT2D eigenvalue weighted by molar-refractivity contribution is -0.142. The minimum Gasteiger partial charge on any atom is -0.481 e. The van der Waals surface area contributed by atoms with Crippen molar-refractivity contribution in [1.29, 1.82) is 0 Å². The average molecular weight is 503 g/mol. The zero-order valence-corrected chi connectivity index (χ0v) is 21.0. The number of anilines is 1. The van der Waals surface area contributed by atoms with E-state index >= 15 is 0 Å². The summed E-state index contributed by atoms with van der Waals surface area (Å²) in [7, 11) is 0. The minimum absolute atomic E-state index is 0.0100. The number of rotatable bonds is 8. The van der Waals surface area contributed by atoms with Crippen LogP contribution in [0.15, 0.2) is 54.6 Å². The van der Waals surface area contributed by atoms with Crippen molar-refractivity contribution in [2.24, 2.45) is 11.8 Å². The van der Waals surface area contributed by atoms with Crippen LogP contribution in [0.1, 0.15) is 68.6 Å². The molecule has 4 unspecified atom stereocenters. The van der Waals surface area contributed by atoms with E-state index in [-0.39, 0.29) is 55.0 Å². The van der Waals surface area contributed by atoms with Gasteiger partial charge >= 0.3 is 12.1 Å². The van der Waals surface area contributed by atoms with Gasteiger partial charge in [0.2, 0.25) is 5.91 Å². The van der Waals surface area contributed by atoms with Gasteiger partial charge in [0, 0.05) is 36.4 Å². The van der Waals surface area contributed by atoms with Crippen LogP contribution >= 0.6 is 0 Å².